The van der Waals surface area contributed by atoms with E-state index < -0.39 is 0 Å². The van der Waals surface area contributed by atoms with E-state index in [0.717, 1.165) is 63.4 Å². The summed E-state index contributed by atoms with van der Waals surface area (Å²) in [7, 11) is 0. The van der Waals surface area contributed by atoms with Crippen LogP contribution in [0, 0.1) is 0 Å². The van der Waals surface area contributed by atoms with Crippen LogP contribution in [0.3, 0.4) is 0 Å². The number of nitrogens with one attached hydrogen (secondary N) is 1. The maximum Gasteiger partial charge on any atom is 0.251 e. The summed E-state index contributed by atoms with van der Waals surface area (Å²) in [6, 6.07) is 20.2. The average Bonchev–Trinajstić information content (AvgIpc) is 2.91. The van der Waals surface area contributed by atoms with Crippen molar-refractivity contribution >= 4 is 35.1 Å². The van der Waals surface area contributed by atoms with E-state index in [2.05, 4.69) is 57.4 Å². The van der Waals surface area contributed by atoms with Gasteiger partial charge in [-0.1, -0.05) is 85.6 Å². The summed E-state index contributed by atoms with van der Waals surface area (Å²) >= 11 is 7.91. The normalized spacial score (nSPS) is 14.1. The number of unbranched alkanes of at least 4 members (excludes halogenated alkanes) is 2. The van der Waals surface area contributed by atoms with Crippen LogP contribution >= 0.6 is 23.4 Å². The smallest absolute Gasteiger partial charge is 0.251 e. The molecule has 1 fully saturated rings. The summed E-state index contributed by atoms with van der Waals surface area (Å²) in [5.41, 5.74) is 3.08. The zero-order chi connectivity index (χ0) is 25.2. The molecule has 1 aromatic heterocycles. The van der Waals surface area contributed by atoms with Gasteiger partial charge in [-0.3, -0.25) is 9.69 Å². The molecule has 6 nitrogen and oxygen atoms in total. The summed E-state index contributed by atoms with van der Waals surface area (Å²) in [5.74, 6) is 1.52. The van der Waals surface area contributed by atoms with Crippen LogP contribution in [0.4, 0.5) is 5.82 Å². The van der Waals surface area contributed by atoms with Gasteiger partial charge in [-0.2, -0.15) is 0 Å². The van der Waals surface area contributed by atoms with Crippen molar-refractivity contribution in [3.63, 3.8) is 0 Å². The predicted molar refractivity (Wildman–Crippen MR) is 149 cm³/mol. The Morgan fingerprint density at radius 2 is 1.75 bits per heavy atom. The largest absolute Gasteiger partial charge is 0.354 e. The molecule has 3 aromatic rings. The number of carbonyl (C=O) groups is 1. The first-order valence-corrected chi connectivity index (χ1v) is 14.0. The van der Waals surface area contributed by atoms with Crippen LogP contribution < -0.4 is 10.2 Å². The van der Waals surface area contributed by atoms with E-state index in [4.69, 9.17) is 16.6 Å². The highest BCUT2D eigenvalue weighted by Crippen LogP contribution is 2.26. The van der Waals surface area contributed by atoms with Crippen molar-refractivity contribution in [1.82, 2.24) is 20.2 Å². The van der Waals surface area contributed by atoms with E-state index in [0.29, 0.717) is 28.2 Å². The van der Waals surface area contributed by atoms with Gasteiger partial charge >= 0.3 is 0 Å². The molecule has 1 N–H and O–H groups in total. The van der Waals surface area contributed by atoms with E-state index in [-0.39, 0.29) is 5.91 Å². The van der Waals surface area contributed by atoms with E-state index >= 15 is 0 Å². The molecule has 0 saturated carbocycles. The van der Waals surface area contributed by atoms with E-state index in [1.54, 1.807) is 0 Å². The number of halogens is 1. The van der Waals surface area contributed by atoms with Crippen LogP contribution in [0.5, 0.6) is 0 Å². The topological polar surface area (TPSA) is 61.4 Å². The minimum Gasteiger partial charge on any atom is -0.354 e. The molecule has 1 aliphatic heterocycles. The third-order valence-corrected chi connectivity index (χ3v) is 7.34. The Labute approximate surface area is 223 Å². The molecular weight excluding hydrogens is 490 g/mol. The Balaban J connectivity index is 1.31. The Morgan fingerprint density at radius 1 is 0.972 bits per heavy atom. The van der Waals surface area contributed by atoms with Gasteiger partial charge in [0.15, 0.2) is 5.16 Å². The van der Waals surface area contributed by atoms with Crippen molar-refractivity contribution in [1.29, 1.82) is 0 Å². The second kappa shape index (κ2) is 13.6. The molecule has 0 spiro atoms. The Morgan fingerprint density at radius 3 is 2.53 bits per heavy atom. The molecular formula is C28H34ClN5OS. The molecule has 0 aliphatic carbocycles. The van der Waals surface area contributed by atoms with Gasteiger partial charge in [0.05, 0.1) is 0 Å². The summed E-state index contributed by atoms with van der Waals surface area (Å²) in [6.45, 7) is 7.60. The average molecular weight is 524 g/mol. The number of amides is 1. The fourth-order valence-electron chi connectivity index (χ4n) is 4.22. The molecule has 190 valence electrons. The molecule has 0 atom stereocenters. The molecule has 1 amide bonds. The third-order valence-electron chi connectivity index (χ3n) is 6.23. The number of aromatic nitrogens is 2. The Kier molecular flexibility index (Phi) is 10.0. The van der Waals surface area contributed by atoms with Crippen molar-refractivity contribution < 1.29 is 4.79 Å². The van der Waals surface area contributed by atoms with Gasteiger partial charge in [0.2, 0.25) is 0 Å². The number of thioether (sulfide) groups is 1. The number of benzene rings is 2. The lowest BCUT2D eigenvalue weighted by atomic mass is 10.1. The molecule has 0 unspecified atom stereocenters. The standard InChI is InChI=1S/C28H34ClN5OS/c1-2-3-7-13-30-27(35)24-12-8-11-23(18-24)21-36-28-31-25(29)19-26(32-28)34-16-14-33(15-17-34)20-22-9-5-4-6-10-22/h4-6,8-12,18-19H,2-3,7,13-17,20-21H2,1H3,(H,30,35). The first-order valence-electron chi connectivity index (χ1n) is 12.7. The molecule has 8 heteroatoms. The molecule has 1 aliphatic rings. The van der Waals surface area contributed by atoms with Gasteiger partial charge in [0, 0.05) is 56.7 Å². The van der Waals surface area contributed by atoms with Crippen LogP contribution in [0.25, 0.3) is 0 Å². The van der Waals surface area contributed by atoms with Crippen molar-refractivity contribution in [3.8, 4) is 0 Å². The highest BCUT2D eigenvalue weighted by Gasteiger charge is 2.19. The highest BCUT2D eigenvalue weighted by atomic mass is 35.5. The summed E-state index contributed by atoms with van der Waals surface area (Å²) in [5, 5.41) is 4.11. The number of hydrogen-bond acceptors (Lipinski definition) is 6. The zero-order valence-corrected chi connectivity index (χ0v) is 22.4. The van der Waals surface area contributed by atoms with Crippen LogP contribution in [0.1, 0.15) is 47.7 Å². The lowest BCUT2D eigenvalue weighted by Crippen LogP contribution is -2.46. The fraction of sp³-hybridized carbons (Fsp3) is 0.393. The monoisotopic (exact) mass is 523 g/mol. The first kappa shape index (κ1) is 26.5. The van der Waals surface area contributed by atoms with Gasteiger partial charge in [0.25, 0.3) is 5.91 Å². The minimum absolute atomic E-state index is 0.0225. The van der Waals surface area contributed by atoms with Crippen molar-refractivity contribution in [2.45, 2.75) is 43.6 Å². The second-order valence-corrected chi connectivity index (χ2v) is 10.4. The molecule has 2 aromatic carbocycles. The maximum atomic E-state index is 12.5. The van der Waals surface area contributed by atoms with Gasteiger partial charge < -0.3 is 10.2 Å². The molecule has 4 rings (SSSR count). The van der Waals surface area contributed by atoms with Crippen LogP contribution in [-0.4, -0.2) is 53.5 Å². The lowest BCUT2D eigenvalue weighted by molar-refractivity contribution is 0.0953. The number of anilines is 1. The number of piperazine rings is 1. The number of nitrogens with zero attached hydrogens (tertiary/aromatic N) is 4. The van der Waals surface area contributed by atoms with Crippen molar-refractivity contribution in [2.75, 3.05) is 37.6 Å². The maximum absolute atomic E-state index is 12.5. The quantitative estimate of drug-likeness (QED) is 0.151. The van der Waals surface area contributed by atoms with Gasteiger partial charge in [0.1, 0.15) is 11.0 Å². The third kappa shape index (κ3) is 7.95. The predicted octanol–water partition coefficient (Wildman–Crippen LogP) is 5.66. The fourth-order valence-corrected chi connectivity index (χ4v) is 5.24. The number of rotatable bonds is 11. The van der Waals surface area contributed by atoms with Crippen LogP contribution in [-0.2, 0) is 12.3 Å². The molecule has 1 saturated heterocycles. The highest BCUT2D eigenvalue weighted by molar-refractivity contribution is 7.98. The van der Waals surface area contributed by atoms with Gasteiger partial charge in [-0.25, -0.2) is 9.97 Å². The lowest BCUT2D eigenvalue weighted by Gasteiger charge is -2.35. The SMILES string of the molecule is CCCCCNC(=O)c1cccc(CSc2nc(Cl)cc(N3CCN(Cc4ccccc4)CC3)n2)c1. The first-order chi connectivity index (χ1) is 17.6. The van der Waals surface area contributed by atoms with E-state index in [9.17, 15) is 4.79 Å². The second-order valence-electron chi connectivity index (χ2n) is 9.03. The van der Waals surface area contributed by atoms with E-state index in [1.165, 1.54) is 17.3 Å². The van der Waals surface area contributed by atoms with E-state index in [1.807, 2.05) is 30.3 Å². The minimum atomic E-state index is -0.0225. The van der Waals surface area contributed by atoms with Crippen molar-refractivity contribution in [2.24, 2.45) is 0 Å². The Hall–Kier alpha value is -2.61. The summed E-state index contributed by atoms with van der Waals surface area (Å²) in [6.07, 6.45) is 3.27. The molecule has 36 heavy (non-hydrogen) atoms. The van der Waals surface area contributed by atoms with Gasteiger partial charge in [-0.05, 0) is 29.7 Å². The number of carbonyl (C=O) groups excluding carboxylic acids is 1. The van der Waals surface area contributed by atoms with Crippen LogP contribution in [0.15, 0.2) is 65.8 Å². The van der Waals surface area contributed by atoms with Crippen LogP contribution in [0.2, 0.25) is 5.15 Å². The summed E-state index contributed by atoms with van der Waals surface area (Å²) < 4.78 is 0. The summed E-state index contributed by atoms with van der Waals surface area (Å²) in [4.78, 5) is 26.4. The molecule has 0 radical (unpaired) electrons. The number of hydrogen-bond donors (Lipinski definition) is 1. The van der Waals surface area contributed by atoms with Gasteiger partial charge in [-0.15, -0.1) is 0 Å². The zero-order valence-electron chi connectivity index (χ0n) is 20.8. The van der Waals surface area contributed by atoms with Crippen molar-refractivity contribution in [3.05, 3.63) is 82.5 Å². The Bertz CT molecular complexity index is 1120. The molecule has 0 bridgehead atoms. The molecule has 2 heterocycles.